The summed E-state index contributed by atoms with van der Waals surface area (Å²) < 4.78 is 0. The summed E-state index contributed by atoms with van der Waals surface area (Å²) in [5.74, 6) is 0.112. The summed E-state index contributed by atoms with van der Waals surface area (Å²) in [5.41, 5.74) is 0.545. The molecule has 2 N–H and O–H groups in total. The lowest BCUT2D eigenvalue weighted by Crippen LogP contribution is -2.28. The number of rotatable bonds is 6. The van der Waals surface area contributed by atoms with E-state index in [4.69, 9.17) is 23.2 Å². The van der Waals surface area contributed by atoms with Crippen LogP contribution in [0.15, 0.2) is 23.2 Å². The van der Waals surface area contributed by atoms with Gasteiger partial charge in [-0.25, -0.2) is 0 Å². The Morgan fingerprint density at radius 3 is 2.79 bits per heavy atom. The van der Waals surface area contributed by atoms with Crippen LogP contribution in [0.1, 0.15) is 26.7 Å². The molecule has 1 heterocycles. The highest BCUT2D eigenvalue weighted by Gasteiger charge is 2.31. The summed E-state index contributed by atoms with van der Waals surface area (Å²) in [6.07, 6.45) is 1.03. The van der Waals surface area contributed by atoms with Gasteiger partial charge >= 0.3 is 0 Å². The van der Waals surface area contributed by atoms with E-state index in [2.05, 4.69) is 29.5 Å². The second-order valence-corrected chi connectivity index (χ2v) is 7.85. The summed E-state index contributed by atoms with van der Waals surface area (Å²) in [6.45, 7) is 4.91. The van der Waals surface area contributed by atoms with Crippen molar-refractivity contribution in [2.24, 2.45) is 10.9 Å². The fourth-order valence-corrected chi connectivity index (χ4v) is 3.29. The number of amidine groups is 1. The molecule has 0 saturated carbocycles. The van der Waals surface area contributed by atoms with Gasteiger partial charge in [0.25, 0.3) is 0 Å². The molecule has 1 saturated heterocycles. The van der Waals surface area contributed by atoms with Gasteiger partial charge in [0.05, 0.1) is 10.0 Å². The first-order valence-electron chi connectivity index (χ1n) is 7.62. The third-order valence-electron chi connectivity index (χ3n) is 3.31. The Kier molecular flexibility index (Phi) is 6.95. The van der Waals surface area contributed by atoms with E-state index in [-0.39, 0.29) is 18.2 Å². The van der Waals surface area contributed by atoms with E-state index in [1.165, 1.54) is 11.8 Å². The van der Waals surface area contributed by atoms with Crippen LogP contribution in [-0.4, -0.2) is 28.8 Å². The molecule has 130 valence electrons. The number of anilines is 1. The molecule has 2 rings (SSSR count). The van der Waals surface area contributed by atoms with Crippen LogP contribution in [-0.2, 0) is 9.59 Å². The monoisotopic (exact) mass is 387 g/mol. The van der Waals surface area contributed by atoms with Crippen molar-refractivity contribution in [3.8, 4) is 0 Å². The van der Waals surface area contributed by atoms with E-state index in [0.29, 0.717) is 33.4 Å². The molecule has 5 nitrogen and oxygen atoms in total. The lowest BCUT2D eigenvalue weighted by Gasteiger charge is -2.08. The summed E-state index contributed by atoms with van der Waals surface area (Å²) in [5, 5.41) is 6.34. The van der Waals surface area contributed by atoms with Crippen molar-refractivity contribution in [2.45, 2.75) is 31.9 Å². The molecule has 1 aliphatic heterocycles. The van der Waals surface area contributed by atoms with Crippen LogP contribution >= 0.6 is 35.0 Å². The maximum atomic E-state index is 12.1. The fourth-order valence-electron chi connectivity index (χ4n) is 1.99. The van der Waals surface area contributed by atoms with Crippen molar-refractivity contribution in [1.82, 2.24) is 5.32 Å². The lowest BCUT2D eigenvalue weighted by molar-refractivity contribution is -0.122. The zero-order chi connectivity index (χ0) is 17.7. The highest BCUT2D eigenvalue weighted by molar-refractivity contribution is 8.15. The summed E-state index contributed by atoms with van der Waals surface area (Å²) in [6, 6.07) is 4.84. The smallest absolute Gasteiger partial charge is 0.240 e. The largest absolute Gasteiger partial charge is 0.326 e. The summed E-state index contributed by atoms with van der Waals surface area (Å²) in [7, 11) is 0. The molecule has 0 bridgehead atoms. The zero-order valence-corrected chi connectivity index (χ0v) is 15.8. The van der Waals surface area contributed by atoms with Crippen LogP contribution in [0.25, 0.3) is 0 Å². The minimum atomic E-state index is -0.467. The topological polar surface area (TPSA) is 70.6 Å². The molecular weight excluding hydrogens is 369 g/mol. The van der Waals surface area contributed by atoms with Gasteiger partial charge in [0.1, 0.15) is 5.25 Å². The molecule has 8 heteroatoms. The molecule has 1 aromatic rings. The van der Waals surface area contributed by atoms with Gasteiger partial charge in [-0.2, -0.15) is 0 Å². The Labute approximate surface area is 155 Å². The van der Waals surface area contributed by atoms with Crippen LogP contribution in [0.3, 0.4) is 0 Å². The molecule has 0 aromatic heterocycles. The van der Waals surface area contributed by atoms with E-state index >= 15 is 0 Å². The maximum absolute atomic E-state index is 12.1. The standard InChI is InChI=1S/C16H19Cl2N3O2S/c1-9(2)5-6-19-16-21-15(23)13(24-16)8-14(22)20-10-3-4-11(17)12(18)7-10/h3-4,7,9,13H,5-6,8H2,1-2H3,(H,20,22)(H,19,21,23)/t13-/m1/s1. The highest BCUT2D eigenvalue weighted by Crippen LogP contribution is 2.26. The molecule has 1 aliphatic rings. The number of halogens is 2. The van der Waals surface area contributed by atoms with Crippen molar-refractivity contribution in [1.29, 1.82) is 0 Å². The average Bonchev–Trinajstić information content (AvgIpc) is 2.82. The van der Waals surface area contributed by atoms with Gasteiger partial charge in [-0.1, -0.05) is 48.8 Å². The molecule has 2 amide bonds. The number of carbonyl (C=O) groups excluding carboxylic acids is 2. The second kappa shape index (κ2) is 8.74. The van der Waals surface area contributed by atoms with Crippen LogP contribution in [0.2, 0.25) is 10.0 Å². The Morgan fingerprint density at radius 2 is 2.12 bits per heavy atom. The number of hydrogen-bond acceptors (Lipinski definition) is 4. The number of nitrogens with zero attached hydrogens (tertiary/aromatic N) is 1. The Morgan fingerprint density at radius 1 is 1.38 bits per heavy atom. The maximum Gasteiger partial charge on any atom is 0.240 e. The zero-order valence-electron chi connectivity index (χ0n) is 13.4. The van der Waals surface area contributed by atoms with Gasteiger partial charge in [-0.05, 0) is 30.5 Å². The van der Waals surface area contributed by atoms with Crippen LogP contribution in [0.4, 0.5) is 5.69 Å². The second-order valence-electron chi connectivity index (χ2n) is 5.85. The number of nitrogens with one attached hydrogen (secondary N) is 2. The van der Waals surface area contributed by atoms with E-state index in [1.807, 2.05) is 0 Å². The van der Waals surface area contributed by atoms with Gasteiger partial charge in [0.15, 0.2) is 5.17 Å². The van der Waals surface area contributed by atoms with Gasteiger partial charge < -0.3 is 10.6 Å². The first kappa shape index (κ1) is 19.1. The van der Waals surface area contributed by atoms with Crippen LogP contribution in [0, 0.1) is 5.92 Å². The summed E-state index contributed by atoms with van der Waals surface area (Å²) >= 11 is 13.0. The first-order valence-corrected chi connectivity index (χ1v) is 9.25. The number of amides is 2. The van der Waals surface area contributed by atoms with Gasteiger partial charge in [0.2, 0.25) is 11.8 Å². The number of thioether (sulfide) groups is 1. The van der Waals surface area contributed by atoms with E-state index in [0.717, 1.165) is 6.42 Å². The van der Waals surface area contributed by atoms with Crippen molar-refractivity contribution in [3.05, 3.63) is 28.2 Å². The van der Waals surface area contributed by atoms with E-state index in [9.17, 15) is 9.59 Å². The Bertz CT molecular complexity index is 665. The quantitative estimate of drug-likeness (QED) is 0.775. The highest BCUT2D eigenvalue weighted by atomic mass is 35.5. The molecule has 0 spiro atoms. The number of carbonyl (C=O) groups is 2. The number of aliphatic imine (C=N–C) groups is 1. The molecule has 1 atom stereocenters. The summed E-state index contributed by atoms with van der Waals surface area (Å²) in [4.78, 5) is 28.4. The van der Waals surface area contributed by atoms with Crippen molar-refractivity contribution < 1.29 is 9.59 Å². The van der Waals surface area contributed by atoms with Gasteiger partial charge in [-0.3, -0.25) is 14.6 Å². The van der Waals surface area contributed by atoms with Crippen molar-refractivity contribution in [2.75, 3.05) is 11.9 Å². The predicted octanol–water partition coefficient (Wildman–Crippen LogP) is 3.96. The van der Waals surface area contributed by atoms with E-state index < -0.39 is 5.25 Å². The molecule has 0 aliphatic carbocycles. The lowest BCUT2D eigenvalue weighted by atomic mass is 10.1. The van der Waals surface area contributed by atoms with Gasteiger partial charge in [-0.15, -0.1) is 0 Å². The van der Waals surface area contributed by atoms with Crippen LogP contribution in [0.5, 0.6) is 0 Å². The Hall–Kier alpha value is -1.24. The number of benzene rings is 1. The van der Waals surface area contributed by atoms with Crippen molar-refractivity contribution in [3.63, 3.8) is 0 Å². The first-order chi connectivity index (χ1) is 11.3. The molecule has 24 heavy (non-hydrogen) atoms. The fraction of sp³-hybridized carbons (Fsp3) is 0.438. The predicted molar refractivity (Wildman–Crippen MR) is 101 cm³/mol. The third-order valence-corrected chi connectivity index (χ3v) is 5.17. The Balaban J connectivity index is 1.87. The van der Waals surface area contributed by atoms with Crippen molar-refractivity contribution >= 4 is 57.6 Å². The van der Waals surface area contributed by atoms with Crippen LogP contribution < -0.4 is 10.6 Å². The molecule has 0 radical (unpaired) electrons. The SMILES string of the molecule is CC(C)CCN=C1NC(=O)[C@@H](CC(=O)Nc2ccc(Cl)c(Cl)c2)S1. The minimum Gasteiger partial charge on any atom is -0.326 e. The molecule has 1 fully saturated rings. The van der Waals surface area contributed by atoms with E-state index in [1.54, 1.807) is 18.2 Å². The molecule has 0 unspecified atom stereocenters. The molecule has 1 aromatic carbocycles. The molecular formula is C16H19Cl2N3O2S. The third kappa shape index (κ3) is 5.69. The van der Waals surface area contributed by atoms with Gasteiger partial charge in [0, 0.05) is 18.7 Å². The number of hydrogen-bond donors (Lipinski definition) is 2. The minimum absolute atomic E-state index is 0.0694. The average molecular weight is 388 g/mol. The normalized spacial score (nSPS) is 19.0.